The number of hydrogen-bond donors (Lipinski definition) is 1. The first-order valence-corrected chi connectivity index (χ1v) is 6.62. The molecule has 1 N–H and O–H groups in total. The van der Waals surface area contributed by atoms with Crippen LogP contribution in [0.25, 0.3) is 0 Å². The van der Waals surface area contributed by atoms with Crippen molar-refractivity contribution in [3.8, 4) is 0 Å². The predicted molar refractivity (Wildman–Crippen MR) is 77.9 cm³/mol. The van der Waals surface area contributed by atoms with Crippen molar-refractivity contribution in [1.82, 2.24) is 10.1 Å². The fourth-order valence-corrected chi connectivity index (χ4v) is 2.02. The van der Waals surface area contributed by atoms with E-state index in [4.69, 9.17) is 0 Å². The standard InChI is InChI=1S/C16H12FN3O2/c17-14-4-2-1-3-11(14)9-13-10-12(5-7-18-13)16(21)19-15-6-8-22-20-15/h1-8,10H,9H2,(H,19,20,21). The topological polar surface area (TPSA) is 68.0 Å². The fraction of sp³-hybridized carbons (Fsp3) is 0.0625. The Hall–Kier alpha value is -3.02. The molecule has 0 saturated carbocycles. The number of nitrogens with one attached hydrogen (secondary N) is 1. The summed E-state index contributed by atoms with van der Waals surface area (Å²) in [6, 6.07) is 11.2. The maximum atomic E-state index is 13.7. The summed E-state index contributed by atoms with van der Waals surface area (Å²) in [4.78, 5) is 16.3. The summed E-state index contributed by atoms with van der Waals surface area (Å²) in [7, 11) is 0. The van der Waals surface area contributed by atoms with Gasteiger partial charge in [0.25, 0.3) is 5.91 Å². The minimum Gasteiger partial charge on any atom is -0.363 e. The predicted octanol–water partition coefficient (Wildman–Crippen LogP) is 3.05. The largest absolute Gasteiger partial charge is 0.363 e. The molecule has 3 rings (SSSR count). The van der Waals surface area contributed by atoms with Crippen molar-refractivity contribution >= 4 is 11.7 Å². The number of hydrogen-bond acceptors (Lipinski definition) is 4. The Labute approximate surface area is 125 Å². The molecule has 0 aliphatic carbocycles. The quantitative estimate of drug-likeness (QED) is 0.803. The van der Waals surface area contributed by atoms with Gasteiger partial charge in [-0.15, -0.1) is 0 Å². The smallest absolute Gasteiger partial charge is 0.257 e. The van der Waals surface area contributed by atoms with Crippen molar-refractivity contribution in [2.45, 2.75) is 6.42 Å². The van der Waals surface area contributed by atoms with Crippen LogP contribution < -0.4 is 5.32 Å². The zero-order valence-corrected chi connectivity index (χ0v) is 11.5. The van der Waals surface area contributed by atoms with Crippen LogP contribution in [-0.2, 0) is 6.42 Å². The van der Waals surface area contributed by atoms with E-state index in [9.17, 15) is 9.18 Å². The zero-order valence-electron chi connectivity index (χ0n) is 11.5. The molecular formula is C16H12FN3O2. The van der Waals surface area contributed by atoms with E-state index in [0.717, 1.165) is 0 Å². The molecule has 2 heterocycles. The number of anilines is 1. The Morgan fingerprint density at radius 2 is 2.09 bits per heavy atom. The Balaban J connectivity index is 1.78. The fourth-order valence-electron chi connectivity index (χ4n) is 2.02. The molecule has 0 aliphatic rings. The number of aromatic nitrogens is 2. The van der Waals surface area contributed by atoms with Gasteiger partial charge in [0, 0.05) is 29.9 Å². The van der Waals surface area contributed by atoms with Gasteiger partial charge in [0.15, 0.2) is 5.82 Å². The van der Waals surface area contributed by atoms with E-state index in [1.165, 1.54) is 18.5 Å². The third-order valence-corrected chi connectivity index (χ3v) is 3.09. The highest BCUT2D eigenvalue weighted by Gasteiger charge is 2.10. The van der Waals surface area contributed by atoms with Crippen molar-refractivity contribution < 1.29 is 13.7 Å². The number of halogens is 1. The number of carbonyl (C=O) groups excluding carboxylic acids is 1. The number of rotatable bonds is 4. The van der Waals surface area contributed by atoms with Crippen molar-refractivity contribution in [3.05, 3.63) is 77.6 Å². The summed E-state index contributed by atoms with van der Waals surface area (Å²) < 4.78 is 18.3. The first-order chi connectivity index (χ1) is 10.7. The summed E-state index contributed by atoms with van der Waals surface area (Å²) in [5, 5.41) is 6.21. The van der Waals surface area contributed by atoms with E-state index in [1.54, 1.807) is 36.4 Å². The van der Waals surface area contributed by atoms with Crippen molar-refractivity contribution in [1.29, 1.82) is 0 Å². The highest BCUT2D eigenvalue weighted by atomic mass is 19.1. The van der Waals surface area contributed by atoms with Crippen LogP contribution in [0.5, 0.6) is 0 Å². The van der Waals surface area contributed by atoms with Crippen LogP contribution in [0, 0.1) is 5.82 Å². The third kappa shape index (κ3) is 3.17. The van der Waals surface area contributed by atoms with Gasteiger partial charge < -0.3 is 9.84 Å². The molecule has 6 heteroatoms. The minimum atomic E-state index is -0.328. The van der Waals surface area contributed by atoms with E-state index in [1.807, 2.05) is 0 Å². The molecule has 0 radical (unpaired) electrons. The second-order valence-electron chi connectivity index (χ2n) is 4.64. The molecule has 3 aromatic rings. The third-order valence-electron chi connectivity index (χ3n) is 3.09. The molecule has 0 spiro atoms. The SMILES string of the molecule is O=C(Nc1ccon1)c1ccnc(Cc2ccccc2F)c1. The van der Waals surface area contributed by atoms with Gasteiger partial charge in [-0.05, 0) is 23.8 Å². The molecule has 0 unspecified atom stereocenters. The maximum absolute atomic E-state index is 13.7. The average Bonchev–Trinajstić information content (AvgIpc) is 3.03. The van der Waals surface area contributed by atoms with Gasteiger partial charge in [0.05, 0.1) is 0 Å². The maximum Gasteiger partial charge on any atom is 0.257 e. The summed E-state index contributed by atoms with van der Waals surface area (Å²) in [5.41, 5.74) is 1.56. The van der Waals surface area contributed by atoms with E-state index in [-0.39, 0.29) is 11.7 Å². The number of pyridine rings is 1. The lowest BCUT2D eigenvalue weighted by molar-refractivity contribution is 0.102. The summed E-state index contributed by atoms with van der Waals surface area (Å²) in [6.45, 7) is 0. The van der Waals surface area contributed by atoms with Gasteiger partial charge >= 0.3 is 0 Å². The lowest BCUT2D eigenvalue weighted by Gasteiger charge is -2.05. The van der Waals surface area contributed by atoms with Crippen molar-refractivity contribution in [2.24, 2.45) is 0 Å². The summed E-state index contributed by atoms with van der Waals surface area (Å²) in [5.74, 6) is -0.287. The molecule has 0 fully saturated rings. The average molecular weight is 297 g/mol. The van der Waals surface area contributed by atoms with Crippen LogP contribution in [0.3, 0.4) is 0 Å². The van der Waals surface area contributed by atoms with Crippen molar-refractivity contribution in [2.75, 3.05) is 5.32 Å². The molecule has 2 aromatic heterocycles. The van der Waals surface area contributed by atoms with Gasteiger partial charge in [-0.3, -0.25) is 9.78 Å². The number of nitrogens with zero attached hydrogens (tertiary/aromatic N) is 2. The molecule has 0 saturated heterocycles. The Kier molecular flexibility index (Phi) is 3.91. The van der Waals surface area contributed by atoms with Crippen LogP contribution in [-0.4, -0.2) is 16.0 Å². The number of benzene rings is 1. The molecule has 5 nitrogen and oxygen atoms in total. The van der Waals surface area contributed by atoms with E-state index in [2.05, 4.69) is 20.0 Å². The molecule has 0 atom stereocenters. The summed E-state index contributed by atoms with van der Waals surface area (Å²) >= 11 is 0. The van der Waals surface area contributed by atoms with E-state index in [0.29, 0.717) is 29.1 Å². The molecule has 110 valence electrons. The normalized spacial score (nSPS) is 10.4. The monoisotopic (exact) mass is 297 g/mol. The second kappa shape index (κ2) is 6.17. The molecule has 0 bridgehead atoms. The Morgan fingerprint density at radius 3 is 2.86 bits per heavy atom. The van der Waals surface area contributed by atoms with Crippen LogP contribution in [0.4, 0.5) is 10.2 Å². The van der Waals surface area contributed by atoms with Gasteiger partial charge in [-0.25, -0.2) is 4.39 Å². The zero-order chi connectivity index (χ0) is 15.4. The molecule has 1 amide bonds. The van der Waals surface area contributed by atoms with E-state index < -0.39 is 0 Å². The lowest BCUT2D eigenvalue weighted by Crippen LogP contribution is -2.12. The van der Waals surface area contributed by atoms with Gasteiger partial charge in [-0.2, -0.15) is 0 Å². The summed E-state index contributed by atoms with van der Waals surface area (Å²) in [6.07, 6.45) is 3.21. The second-order valence-corrected chi connectivity index (χ2v) is 4.64. The van der Waals surface area contributed by atoms with Crippen LogP contribution >= 0.6 is 0 Å². The Bertz CT molecular complexity index is 788. The van der Waals surface area contributed by atoms with Crippen LogP contribution in [0.2, 0.25) is 0 Å². The lowest BCUT2D eigenvalue weighted by atomic mass is 10.1. The van der Waals surface area contributed by atoms with Crippen LogP contribution in [0.15, 0.2) is 59.4 Å². The van der Waals surface area contributed by atoms with Gasteiger partial charge in [-0.1, -0.05) is 23.4 Å². The number of amides is 1. The van der Waals surface area contributed by atoms with Crippen LogP contribution in [0.1, 0.15) is 21.6 Å². The molecule has 22 heavy (non-hydrogen) atoms. The molecule has 1 aromatic carbocycles. The van der Waals surface area contributed by atoms with Crippen molar-refractivity contribution in [3.63, 3.8) is 0 Å². The number of carbonyl (C=O) groups is 1. The first kappa shape index (κ1) is 13.9. The van der Waals surface area contributed by atoms with Gasteiger partial charge in [0.2, 0.25) is 0 Å². The highest BCUT2D eigenvalue weighted by Crippen LogP contribution is 2.13. The Morgan fingerprint density at radius 1 is 1.23 bits per heavy atom. The highest BCUT2D eigenvalue weighted by molar-refractivity contribution is 6.03. The van der Waals surface area contributed by atoms with Gasteiger partial charge in [0.1, 0.15) is 12.1 Å². The molecular weight excluding hydrogens is 285 g/mol. The van der Waals surface area contributed by atoms with E-state index >= 15 is 0 Å². The first-order valence-electron chi connectivity index (χ1n) is 6.62. The molecule has 0 aliphatic heterocycles. The minimum absolute atomic E-state index is 0.290.